The molecule has 34 heavy (non-hydrogen) atoms. The molecule has 3 heterocycles. The van der Waals surface area contributed by atoms with Gasteiger partial charge in [0.15, 0.2) is 0 Å². The number of anilines is 3. The van der Waals surface area contributed by atoms with Crippen LogP contribution in [0.5, 0.6) is 0 Å². The van der Waals surface area contributed by atoms with Gasteiger partial charge in [0.1, 0.15) is 6.33 Å². The molecule has 0 unspecified atom stereocenters. The number of hydrogen-bond donors (Lipinski definition) is 0. The highest BCUT2D eigenvalue weighted by Crippen LogP contribution is 2.48. The Balaban J connectivity index is 1.54. The van der Waals surface area contributed by atoms with E-state index in [4.69, 9.17) is 0 Å². The summed E-state index contributed by atoms with van der Waals surface area (Å²) in [5.41, 5.74) is 8.78. The second-order valence-corrected chi connectivity index (χ2v) is 9.68. The predicted octanol–water partition coefficient (Wildman–Crippen LogP) is 8.08. The molecule has 0 radical (unpaired) electrons. The number of hydrogen-bond acceptors (Lipinski definition) is 4. The highest BCUT2D eigenvalue weighted by Gasteiger charge is 2.24. The van der Waals surface area contributed by atoms with E-state index >= 15 is 0 Å². The fourth-order valence-electron chi connectivity index (χ4n) is 5.19. The Labute approximate surface area is 202 Å². The normalized spacial score (nSPS) is 13.0. The van der Waals surface area contributed by atoms with Crippen molar-refractivity contribution in [1.29, 1.82) is 0 Å². The molecule has 0 aliphatic carbocycles. The van der Waals surface area contributed by atoms with Gasteiger partial charge in [0, 0.05) is 50.4 Å². The third-order valence-corrected chi connectivity index (χ3v) is 8.02. The Hall–Kier alpha value is -4.02. The van der Waals surface area contributed by atoms with E-state index < -0.39 is 0 Å². The third kappa shape index (κ3) is 2.96. The Bertz CT molecular complexity index is 1620. The number of aromatic nitrogens is 2. The Morgan fingerprint density at radius 3 is 1.88 bits per heavy atom. The van der Waals surface area contributed by atoms with Crippen LogP contribution in [-0.4, -0.2) is 9.97 Å². The van der Waals surface area contributed by atoms with Crippen LogP contribution in [0, 0.1) is 0 Å². The zero-order valence-electron chi connectivity index (χ0n) is 18.5. The molecule has 0 spiro atoms. The summed E-state index contributed by atoms with van der Waals surface area (Å²) < 4.78 is 2.57. The summed E-state index contributed by atoms with van der Waals surface area (Å²) in [6.07, 6.45) is 7.47. The smallest absolute Gasteiger partial charge is 0.115 e. The lowest BCUT2D eigenvalue weighted by Gasteiger charge is -2.27. The first-order valence-corrected chi connectivity index (χ1v) is 12.4. The quantitative estimate of drug-likeness (QED) is 0.264. The van der Waals surface area contributed by atoms with E-state index in [9.17, 15) is 0 Å². The molecule has 2 aromatic heterocycles. The molecule has 0 fully saturated rings. The van der Waals surface area contributed by atoms with Gasteiger partial charge in [-0.2, -0.15) is 0 Å². The molecular weight excluding hydrogens is 434 g/mol. The highest BCUT2D eigenvalue weighted by molar-refractivity contribution is 7.27. The summed E-state index contributed by atoms with van der Waals surface area (Å²) in [5, 5.41) is 2.56. The maximum atomic E-state index is 4.26. The Kier molecular flexibility index (Phi) is 4.45. The largest absolute Gasteiger partial charge is 0.308 e. The first-order chi connectivity index (χ1) is 16.9. The monoisotopic (exact) mass is 455 g/mol. The lowest BCUT2D eigenvalue weighted by Crippen LogP contribution is -2.11. The van der Waals surface area contributed by atoms with Crippen molar-refractivity contribution in [2.75, 3.05) is 4.90 Å². The summed E-state index contributed by atoms with van der Waals surface area (Å²) in [7, 11) is 0. The van der Waals surface area contributed by atoms with Gasteiger partial charge in [-0.3, -0.25) is 0 Å². The van der Waals surface area contributed by atoms with E-state index in [0.29, 0.717) is 0 Å². The van der Waals surface area contributed by atoms with Crippen LogP contribution < -0.4 is 4.90 Å². The first-order valence-electron chi connectivity index (χ1n) is 11.5. The molecular formula is C30H21N3S. The standard InChI is InChI=1S/C30H21N3S/c1-3-12-26-20(7-1)15-16-21-8-2-4-13-27(21)33(26)28-14-6-11-25-24-10-5-9-23(29(24)34-30(25)28)22-17-31-19-32-18-22/h1-14,17-19H,15-16H2. The van der Waals surface area contributed by atoms with Crippen LogP contribution >= 0.6 is 11.3 Å². The van der Waals surface area contributed by atoms with Crippen molar-refractivity contribution in [3.8, 4) is 11.1 Å². The number of rotatable bonds is 2. The fraction of sp³-hybridized carbons (Fsp3) is 0.0667. The molecule has 0 saturated heterocycles. The van der Waals surface area contributed by atoms with Crippen LogP contribution in [0.3, 0.4) is 0 Å². The maximum absolute atomic E-state index is 4.26. The van der Waals surface area contributed by atoms with E-state index in [1.807, 2.05) is 23.7 Å². The second kappa shape index (κ2) is 7.79. The molecule has 0 atom stereocenters. The molecule has 3 nitrogen and oxygen atoms in total. The van der Waals surface area contributed by atoms with E-state index in [1.54, 1.807) is 6.33 Å². The summed E-state index contributed by atoms with van der Waals surface area (Å²) >= 11 is 1.86. The van der Waals surface area contributed by atoms with Crippen LogP contribution in [0.1, 0.15) is 11.1 Å². The van der Waals surface area contributed by atoms with Gasteiger partial charge in [-0.25, -0.2) is 9.97 Å². The van der Waals surface area contributed by atoms with E-state index in [0.717, 1.165) is 18.4 Å². The number of benzene rings is 4. The van der Waals surface area contributed by atoms with Crippen molar-refractivity contribution in [2.24, 2.45) is 0 Å². The minimum atomic E-state index is 1.05. The Morgan fingerprint density at radius 2 is 1.18 bits per heavy atom. The molecule has 4 aromatic carbocycles. The summed E-state index contributed by atoms with van der Waals surface area (Å²) in [4.78, 5) is 11.0. The minimum absolute atomic E-state index is 1.05. The number of aryl methyl sites for hydroxylation is 2. The van der Waals surface area contributed by atoms with Gasteiger partial charge in [0.25, 0.3) is 0 Å². The molecule has 4 heteroatoms. The van der Waals surface area contributed by atoms with Crippen molar-refractivity contribution in [1.82, 2.24) is 9.97 Å². The van der Waals surface area contributed by atoms with Gasteiger partial charge in [0.05, 0.1) is 10.4 Å². The molecule has 0 saturated carbocycles. The number of nitrogens with zero attached hydrogens (tertiary/aromatic N) is 3. The molecule has 0 N–H and O–H groups in total. The van der Waals surface area contributed by atoms with Crippen LogP contribution in [-0.2, 0) is 12.8 Å². The van der Waals surface area contributed by atoms with Gasteiger partial charge in [0.2, 0.25) is 0 Å². The molecule has 0 amide bonds. The van der Waals surface area contributed by atoms with Crippen LogP contribution in [0.15, 0.2) is 104 Å². The Morgan fingerprint density at radius 1 is 0.588 bits per heavy atom. The molecule has 1 aliphatic heterocycles. The fourth-order valence-corrected chi connectivity index (χ4v) is 6.53. The van der Waals surface area contributed by atoms with E-state index in [1.165, 1.54) is 53.9 Å². The maximum Gasteiger partial charge on any atom is 0.115 e. The number of thiophene rings is 1. The van der Waals surface area contributed by atoms with Crippen molar-refractivity contribution >= 4 is 48.6 Å². The SMILES string of the molecule is c1ccc2c(c1)CCc1ccccc1N2c1cccc2c1sc1c(-c3cncnc3)cccc12. The van der Waals surface area contributed by atoms with Gasteiger partial charge < -0.3 is 4.90 Å². The van der Waals surface area contributed by atoms with Gasteiger partial charge in [-0.15, -0.1) is 11.3 Å². The first kappa shape index (κ1) is 19.4. The minimum Gasteiger partial charge on any atom is -0.308 e. The summed E-state index contributed by atoms with van der Waals surface area (Å²) in [5.74, 6) is 0. The lowest BCUT2D eigenvalue weighted by atomic mass is 10.0. The van der Waals surface area contributed by atoms with Gasteiger partial charge >= 0.3 is 0 Å². The van der Waals surface area contributed by atoms with Crippen LogP contribution in [0.4, 0.5) is 17.1 Å². The third-order valence-electron chi connectivity index (χ3n) is 6.74. The zero-order chi connectivity index (χ0) is 22.5. The molecule has 6 aromatic rings. The molecule has 1 aliphatic rings. The lowest BCUT2D eigenvalue weighted by molar-refractivity contribution is 0.977. The van der Waals surface area contributed by atoms with Crippen molar-refractivity contribution in [2.45, 2.75) is 12.8 Å². The van der Waals surface area contributed by atoms with Gasteiger partial charge in [-0.1, -0.05) is 66.7 Å². The van der Waals surface area contributed by atoms with Crippen molar-refractivity contribution < 1.29 is 0 Å². The predicted molar refractivity (Wildman–Crippen MR) is 142 cm³/mol. The molecule has 0 bridgehead atoms. The highest BCUT2D eigenvalue weighted by atomic mass is 32.1. The number of para-hydroxylation sites is 2. The molecule has 7 rings (SSSR count). The van der Waals surface area contributed by atoms with E-state index in [2.05, 4.69) is 99.8 Å². The van der Waals surface area contributed by atoms with Crippen molar-refractivity contribution in [3.05, 3.63) is 115 Å². The second-order valence-electron chi connectivity index (χ2n) is 8.66. The topological polar surface area (TPSA) is 29.0 Å². The van der Waals surface area contributed by atoms with Crippen LogP contribution in [0.25, 0.3) is 31.3 Å². The van der Waals surface area contributed by atoms with E-state index in [-0.39, 0.29) is 0 Å². The molecule has 162 valence electrons. The van der Waals surface area contributed by atoms with Crippen molar-refractivity contribution in [3.63, 3.8) is 0 Å². The zero-order valence-corrected chi connectivity index (χ0v) is 19.3. The average molecular weight is 456 g/mol. The average Bonchev–Trinajstić information content (AvgIpc) is 3.20. The number of fused-ring (bicyclic) bond motifs is 5. The van der Waals surface area contributed by atoms with Crippen LogP contribution in [0.2, 0.25) is 0 Å². The van der Waals surface area contributed by atoms with Gasteiger partial charge in [-0.05, 0) is 42.2 Å². The summed E-state index contributed by atoms with van der Waals surface area (Å²) in [6.45, 7) is 0. The summed E-state index contributed by atoms with van der Waals surface area (Å²) in [6, 6.07) is 30.9.